The zero-order valence-electron chi connectivity index (χ0n) is 18.1. The fourth-order valence-electron chi connectivity index (χ4n) is 3.99. The number of fused-ring (bicyclic) bond motifs is 2. The number of nitrogens with zero attached hydrogens (tertiary/aromatic N) is 6. The molecule has 1 saturated carbocycles. The van der Waals surface area contributed by atoms with Crippen LogP contribution in [0.2, 0.25) is 5.02 Å². The first-order valence-electron chi connectivity index (χ1n) is 11.1. The van der Waals surface area contributed by atoms with Gasteiger partial charge in [-0.25, -0.2) is 14.6 Å². The third kappa shape index (κ3) is 4.29. The summed E-state index contributed by atoms with van der Waals surface area (Å²) in [6.45, 7) is 0.576. The molecule has 2 N–H and O–H groups in total. The van der Waals surface area contributed by atoms with Crippen LogP contribution in [0.5, 0.6) is 0 Å². The number of pyridine rings is 2. The lowest BCUT2D eigenvalue weighted by molar-refractivity contribution is -0.116. The van der Waals surface area contributed by atoms with Crippen LogP contribution < -0.4 is 10.6 Å². The van der Waals surface area contributed by atoms with E-state index in [1.807, 2.05) is 12.3 Å². The molecule has 10 heteroatoms. The molecule has 9 nitrogen and oxygen atoms in total. The van der Waals surface area contributed by atoms with E-state index in [0.29, 0.717) is 28.8 Å². The molecule has 0 atom stereocenters. The van der Waals surface area contributed by atoms with Crippen molar-refractivity contribution in [2.45, 2.75) is 31.8 Å². The van der Waals surface area contributed by atoms with Gasteiger partial charge >= 0.3 is 0 Å². The van der Waals surface area contributed by atoms with E-state index in [-0.39, 0.29) is 12.5 Å². The summed E-state index contributed by atoms with van der Waals surface area (Å²) in [7, 11) is 0. The minimum absolute atomic E-state index is 0.0154. The van der Waals surface area contributed by atoms with Crippen LogP contribution in [-0.4, -0.2) is 35.3 Å². The molecule has 1 aromatic carbocycles. The number of carbonyl (C=O) groups excluding carboxylic acids is 1. The second-order valence-electron chi connectivity index (χ2n) is 8.45. The van der Waals surface area contributed by atoms with Crippen molar-refractivity contribution in [3.05, 3.63) is 77.3 Å². The average molecular weight is 473 g/mol. The van der Waals surface area contributed by atoms with E-state index in [1.54, 1.807) is 30.5 Å². The molecule has 1 aliphatic rings. The van der Waals surface area contributed by atoms with Gasteiger partial charge in [0.25, 0.3) is 0 Å². The largest absolute Gasteiger partial charge is 0.379 e. The Morgan fingerprint density at radius 2 is 2.03 bits per heavy atom. The van der Waals surface area contributed by atoms with Crippen molar-refractivity contribution in [2.24, 2.45) is 0 Å². The van der Waals surface area contributed by atoms with Crippen molar-refractivity contribution < 1.29 is 4.79 Å². The van der Waals surface area contributed by atoms with Gasteiger partial charge in [-0.3, -0.25) is 4.79 Å². The molecule has 0 saturated heterocycles. The topological polar surface area (TPSA) is 102 Å². The summed E-state index contributed by atoms with van der Waals surface area (Å²) < 4.78 is 3.62. The smallest absolute Gasteiger partial charge is 0.247 e. The normalized spacial score (nSPS) is 13.4. The third-order valence-corrected chi connectivity index (χ3v) is 6.08. The van der Waals surface area contributed by atoms with E-state index in [4.69, 9.17) is 11.6 Å². The number of imidazole rings is 1. The molecule has 1 amide bonds. The van der Waals surface area contributed by atoms with Crippen molar-refractivity contribution in [3.8, 4) is 0 Å². The summed E-state index contributed by atoms with van der Waals surface area (Å²) in [5.41, 5.74) is 5.46. The lowest BCUT2D eigenvalue weighted by Gasteiger charge is -2.08. The monoisotopic (exact) mass is 472 g/mol. The van der Waals surface area contributed by atoms with Gasteiger partial charge in [0.15, 0.2) is 0 Å². The fourth-order valence-corrected chi connectivity index (χ4v) is 4.15. The van der Waals surface area contributed by atoms with E-state index in [9.17, 15) is 4.79 Å². The molecular weight excluding hydrogens is 452 g/mol. The van der Waals surface area contributed by atoms with Crippen LogP contribution in [0, 0.1) is 0 Å². The SMILES string of the molecule is O=C(Cn1nnc2cc(Cl)ccc21)Nc1cc(NCc2cn3cc(C4CC4)ccc3n2)ccn1. The molecule has 170 valence electrons. The Balaban J connectivity index is 1.10. The maximum atomic E-state index is 12.6. The van der Waals surface area contributed by atoms with Crippen molar-refractivity contribution in [2.75, 3.05) is 10.6 Å². The van der Waals surface area contributed by atoms with Crippen LogP contribution in [0.25, 0.3) is 16.7 Å². The number of halogens is 1. The van der Waals surface area contributed by atoms with Crippen LogP contribution in [0.3, 0.4) is 0 Å². The zero-order chi connectivity index (χ0) is 23.1. The molecule has 1 fully saturated rings. The van der Waals surface area contributed by atoms with E-state index in [2.05, 4.69) is 53.6 Å². The van der Waals surface area contributed by atoms with Crippen LogP contribution >= 0.6 is 11.6 Å². The lowest BCUT2D eigenvalue weighted by Crippen LogP contribution is -2.20. The average Bonchev–Trinajstić information content (AvgIpc) is 3.49. The van der Waals surface area contributed by atoms with Crippen molar-refractivity contribution in [1.82, 2.24) is 29.4 Å². The second-order valence-corrected chi connectivity index (χ2v) is 8.88. The number of benzene rings is 1. The van der Waals surface area contributed by atoms with Gasteiger partial charge in [-0.15, -0.1) is 5.10 Å². The number of nitrogens with one attached hydrogen (secondary N) is 2. The van der Waals surface area contributed by atoms with Crippen LogP contribution in [0.1, 0.15) is 30.0 Å². The number of amides is 1. The molecule has 34 heavy (non-hydrogen) atoms. The second kappa shape index (κ2) is 8.42. The minimum atomic E-state index is -0.252. The summed E-state index contributed by atoms with van der Waals surface area (Å²) >= 11 is 5.99. The van der Waals surface area contributed by atoms with Crippen molar-refractivity contribution in [3.63, 3.8) is 0 Å². The van der Waals surface area contributed by atoms with Gasteiger partial charge in [0.2, 0.25) is 5.91 Å². The minimum Gasteiger partial charge on any atom is -0.379 e. The maximum Gasteiger partial charge on any atom is 0.247 e. The van der Waals surface area contributed by atoms with Crippen molar-refractivity contribution in [1.29, 1.82) is 0 Å². The first-order valence-corrected chi connectivity index (χ1v) is 11.4. The number of carbonyl (C=O) groups is 1. The number of rotatable bonds is 7. The summed E-state index contributed by atoms with van der Waals surface area (Å²) in [6.07, 6.45) is 8.43. The Morgan fingerprint density at radius 3 is 2.91 bits per heavy atom. The van der Waals surface area contributed by atoms with Crippen LogP contribution in [-0.2, 0) is 17.9 Å². The molecule has 6 rings (SSSR count). The molecule has 0 unspecified atom stereocenters. The molecule has 4 aromatic heterocycles. The Hall–Kier alpha value is -3.98. The highest BCUT2D eigenvalue weighted by Gasteiger charge is 2.23. The third-order valence-electron chi connectivity index (χ3n) is 5.84. The van der Waals surface area contributed by atoms with Crippen LogP contribution in [0.15, 0.2) is 61.1 Å². The quantitative estimate of drug-likeness (QED) is 0.367. The van der Waals surface area contributed by atoms with Gasteiger partial charge in [0, 0.05) is 35.4 Å². The molecule has 4 heterocycles. The van der Waals surface area contributed by atoms with Crippen LogP contribution in [0.4, 0.5) is 11.5 Å². The maximum absolute atomic E-state index is 12.6. The van der Waals surface area contributed by atoms with Gasteiger partial charge in [0.05, 0.1) is 17.8 Å². The first kappa shape index (κ1) is 20.6. The number of anilines is 2. The van der Waals surface area contributed by atoms with E-state index >= 15 is 0 Å². The summed E-state index contributed by atoms with van der Waals surface area (Å²) in [4.78, 5) is 21.5. The Kier molecular flexibility index (Phi) is 5.10. The Labute approximate surface area is 199 Å². The fraction of sp³-hybridized carbons (Fsp3) is 0.208. The summed E-state index contributed by atoms with van der Waals surface area (Å²) in [5, 5.41) is 14.8. The highest BCUT2D eigenvalue weighted by molar-refractivity contribution is 6.31. The lowest BCUT2D eigenvalue weighted by atomic mass is 10.2. The molecular formula is C24H21ClN8O. The predicted molar refractivity (Wildman–Crippen MR) is 130 cm³/mol. The first-order chi connectivity index (χ1) is 16.6. The number of aromatic nitrogens is 6. The highest BCUT2D eigenvalue weighted by atomic mass is 35.5. The molecule has 0 radical (unpaired) electrons. The number of hydrogen-bond donors (Lipinski definition) is 2. The number of hydrogen-bond acceptors (Lipinski definition) is 6. The highest BCUT2D eigenvalue weighted by Crippen LogP contribution is 2.39. The van der Waals surface area contributed by atoms with Gasteiger partial charge in [-0.2, -0.15) is 0 Å². The van der Waals surface area contributed by atoms with Crippen molar-refractivity contribution >= 4 is 45.7 Å². The van der Waals surface area contributed by atoms with Gasteiger partial charge in [-0.05, 0) is 54.7 Å². The van der Waals surface area contributed by atoms with E-state index in [1.165, 1.54) is 23.1 Å². The zero-order valence-corrected chi connectivity index (χ0v) is 18.9. The molecule has 5 aromatic rings. The Morgan fingerprint density at radius 1 is 1.12 bits per heavy atom. The Bertz CT molecular complexity index is 1520. The standard InChI is InChI=1S/C24H21ClN8O/c25-17-4-5-21-20(9-17)30-31-33(21)14-24(34)29-22-10-18(7-8-26-22)27-11-19-13-32-12-16(15-1-2-15)3-6-23(32)28-19/h3-10,12-13,15H,1-2,11,14H2,(H2,26,27,29,34). The van der Waals surface area contributed by atoms with Gasteiger partial charge in [-0.1, -0.05) is 22.9 Å². The van der Waals surface area contributed by atoms with E-state index in [0.717, 1.165) is 22.5 Å². The molecule has 0 bridgehead atoms. The summed E-state index contributed by atoms with van der Waals surface area (Å²) in [5.74, 6) is 0.908. The van der Waals surface area contributed by atoms with Gasteiger partial charge in [0.1, 0.15) is 23.5 Å². The molecule has 1 aliphatic carbocycles. The van der Waals surface area contributed by atoms with Gasteiger partial charge < -0.3 is 15.0 Å². The molecule has 0 spiro atoms. The molecule has 0 aliphatic heterocycles. The van der Waals surface area contributed by atoms with E-state index < -0.39 is 0 Å². The summed E-state index contributed by atoms with van der Waals surface area (Å²) in [6, 6.07) is 13.1. The predicted octanol–water partition coefficient (Wildman–Crippen LogP) is 4.26.